The van der Waals surface area contributed by atoms with Gasteiger partial charge in [-0.1, -0.05) is 75.6 Å². The summed E-state index contributed by atoms with van der Waals surface area (Å²) in [5.41, 5.74) is 1.97. The molecule has 0 aliphatic carbocycles. The van der Waals surface area contributed by atoms with Crippen LogP contribution in [0.2, 0.25) is 0 Å². The first-order valence-electron chi connectivity index (χ1n) is 13.2. The molecule has 1 aliphatic heterocycles. The highest BCUT2D eigenvalue weighted by molar-refractivity contribution is 8.26. The molecule has 1 amide bonds. The molecule has 1 saturated heterocycles. The van der Waals surface area contributed by atoms with Gasteiger partial charge >= 0.3 is 0 Å². The molecule has 9 heteroatoms. The van der Waals surface area contributed by atoms with Gasteiger partial charge in [0.25, 0.3) is 11.5 Å². The third-order valence-corrected chi connectivity index (χ3v) is 7.95. The van der Waals surface area contributed by atoms with Crippen LogP contribution in [0, 0.1) is 18.3 Å². The minimum atomic E-state index is -0.333. The Hall–Kier alpha value is -3.09. The second-order valence-corrected chi connectivity index (χ2v) is 11.0. The van der Waals surface area contributed by atoms with Gasteiger partial charge < -0.3 is 10.1 Å². The number of thiocarbonyl (C=S) groups is 1. The molecule has 1 aromatic carbocycles. The van der Waals surface area contributed by atoms with E-state index in [1.807, 2.05) is 31.2 Å². The summed E-state index contributed by atoms with van der Waals surface area (Å²) in [7, 11) is 1.62. The number of aromatic nitrogens is 1. The molecule has 0 spiro atoms. The lowest BCUT2D eigenvalue weighted by atomic mass is 10.0. The number of nitrogens with zero attached hydrogens (tertiary/aromatic N) is 3. The Morgan fingerprint density at radius 1 is 1.08 bits per heavy atom. The zero-order valence-electron chi connectivity index (χ0n) is 22.6. The molecule has 1 N–H and O–H groups in total. The third-order valence-electron chi connectivity index (χ3n) is 6.58. The fourth-order valence-electron chi connectivity index (χ4n) is 4.42. The molecule has 0 atom stereocenters. The maximum atomic E-state index is 13.3. The van der Waals surface area contributed by atoms with Gasteiger partial charge in [-0.2, -0.15) is 5.26 Å². The predicted molar refractivity (Wildman–Crippen MR) is 159 cm³/mol. The molecule has 1 aliphatic rings. The van der Waals surface area contributed by atoms with Crippen LogP contribution in [0.5, 0.6) is 5.75 Å². The Bertz CT molecular complexity index is 1290. The maximum Gasteiger partial charge on any atom is 0.270 e. The van der Waals surface area contributed by atoms with Crippen LogP contribution in [-0.2, 0) is 17.9 Å². The number of rotatable bonds is 13. The van der Waals surface area contributed by atoms with Gasteiger partial charge in [0, 0.05) is 25.2 Å². The molecule has 2 heterocycles. The molecular formula is C29H36N4O3S2. The van der Waals surface area contributed by atoms with Crippen LogP contribution < -0.4 is 15.6 Å². The Labute approximate surface area is 234 Å². The number of amides is 1. The van der Waals surface area contributed by atoms with Crippen molar-refractivity contribution in [2.24, 2.45) is 0 Å². The number of hydrogen-bond donors (Lipinski definition) is 1. The Morgan fingerprint density at radius 3 is 2.42 bits per heavy atom. The molecule has 1 aromatic heterocycles. The second kappa shape index (κ2) is 14.2. The molecular weight excluding hydrogens is 516 g/mol. The van der Waals surface area contributed by atoms with Gasteiger partial charge in [0.1, 0.15) is 27.5 Å². The minimum Gasteiger partial charge on any atom is -0.497 e. The van der Waals surface area contributed by atoms with E-state index in [9.17, 15) is 14.9 Å². The normalized spacial score (nSPS) is 14.3. The Kier molecular flexibility index (Phi) is 11.0. The first-order valence-corrected chi connectivity index (χ1v) is 14.4. The van der Waals surface area contributed by atoms with Crippen molar-refractivity contribution in [3.05, 3.63) is 61.8 Å². The summed E-state index contributed by atoms with van der Waals surface area (Å²) in [4.78, 5) is 28.7. The number of carbonyl (C=O) groups excluding carboxylic acids is 1. The smallest absolute Gasteiger partial charge is 0.270 e. The molecule has 0 saturated carbocycles. The second-order valence-electron chi connectivity index (χ2n) is 9.28. The summed E-state index contributed by atoms with van der Waals surface area (Å²) in [5, 5.41) is 13.2. The van der Waals surface area contributed by atoms with Crippen molar-refractivity contribution < 1.29 is 9.53 Å². The fourth-order valence-corrected chi connectivity index (χ4v) is 5.71. The van der Waals surface area contributed by atoms with Gasteiger partial charge in [0.05, 0.1) is 12.0 Å². The SMILES string of the molecule is CCCCCCCN1C(=O)/C(=C\c2c(C)c(C#N)c(=O)n(CCC)c2NCc2ccc(OC)cc2)SC1=S. The number of hydrogen-bond acceptors (Lipinski definition) is 7. The van der Waals surface area contributed by atoms with Crippen LogP contribution >= 0.6 is 24.0 Å². The average Bonchev–Trinajstić information content (AvgIpc) is 3.18. The third kappa shape index (κ3) is 6.86. The minimum absolute atomic E-state index is 0.0890. The standard InChI is InChI=1S/C29H36N4O3S2/c1-5-7-8-9-10-16-33-28(35)25(38-29(33)37)17-23-20(3)24(18-30)27(34)32(15-6-2)26(23)31-19-21-11-13-22(36-4)14-12-21/h11-14,17,31H,5-10,15-16,19H2,1-4H3/b25-17+. The quantitative estimate of drug-likeness (QED) is 0.179. The maximum absolute atomic E-state index is 13.3. The number of benzene rings is 1. The van der Waals surface area contributed by atoms with E-state index in [1.54, 1.807) is 29.6 Å². The van der Waals surface area contributed by atoms with Crippen LogP contribution in [0.1, 0.15) is 74.6 Å². The van der Waals surface area contributed by atoms with Gasteiger partial charge in [0.2, 0.25) is 0 Å². The Morgan fingerprint density at radius 2 is 1.79 bits per heavy atom. The van der Waals surface area contributed by atoms with E-state index in [-0.39, 0.29) is 17.0 Å². The summed E-state index contributed by atoms with van der Waals surface area (Å²) in [5.74, 6) is 1.23. The lowest BCUT2D eigenvalue weighted by molar-refractivity contribution is -0.122. The largest absolute Gasteiger partial charge is 0.497 e. The van der Waals surface area contributed by atoms with Crippen molar-refractivity contribution in [1.82, 2.24) is 9.47 Å². The summed E-state index contributed by atoms with van der Waals surface area (Å²) in [6.45, 7) is 7.42. The summed E-state index contributed by atoms with van der Waals surface area (Å²) >= 11 is 6.82. The highest BCUT2D eigenvalue weighted by Crippen LogP contribution is 2.35. The summed E-state index contributed by atoms with van der Waals surface area (Å²) in [6, 6.07) is 9.76. The number of nitriles is 1. The van der Waals surface area contributed by atoms with E-state index in [0.29, 0.717) is 52.2 Å². The van der Waals surface area contributed by atoms with Crippen molar-refractivity contribution in [1.29, 1.82) is 5.26 Å². The molecule has 38 heavy (non-hydrogen) atoms. The molecule has 0 unspecified atom stereocenters. The number of ether oxygens (including phenoxy) is 1. The van der Waals surface area contributed by atoms with Crippen LogP contribution in [0.15, 0.2) is 34.0 Å². The van der Waals surface area contributed by atoms with Crippen molar-refractivity contribution in [3.8, 4) is 11.8 Å². The highest BCUT2D eigenvalue weighted by atomic mass is 32.2. The summed E-state index contributed by atoms with van der Waals surface area (Å²) < 4.78 is 7.40. The van der Waals surface area contributed by atoms with Gasteiger partial charge in [0.15, 0.2) is 0 Å². The zero-order chi connectivity index (χ0) is 27.7. The number of nitrogens with one attached hydrogen (secondary N) is 1. The molecule has 0 bridgehead atoms. The van der Waals surface area contributed by atoms with Crippen LogP contribution in [0.25, 0.3) is 6.08 Å². The van der Waals surface area contributed by atoms with E-state index in [0.717, 1.165) is 30.6 Å². The first-order chi connectivity index (χ1) is 18.4. The van der Waals surface area contributed by atoms with Crippen LogP contribution in [0.4, 0.5) is 5.82 Å². The molecule has 202 valence electrons. The van der Waals surface area contributed by atoms with Crippen LogP contribution in [0.3, 0.4) is 0 Å². The first kappa shape index (κ1) is 29.5. The summed E-state index contributed by atoms with van der Waals surface area (Å²) in [6.07, 6.45) is 7.99. The molecule has 7 nitrogen and oxygen atoms in total. The van der Waals surface area contributed by atoms with E-state index < -0.39 is 0 Å². The molecule has 0 radical (unpaired) electrons. The van der Waals surface area contributed by atoms with Crippen molar-refractivity contribution in [3.63, 3.8) is 0 Å². The van der Waals surface area contributed by atoms with E-state index >= 15 is 0 Å². The topological polar surface area (TPSA) is 87.4 Å². The van der Waals surface area contributed by atoms with Crippen LogP contribution in [-0.4, -0.2) is 33.3 Å². The zero-order valence-corrected chi connectivity index (χ0v) is 24.3. The predicted octanol–water partition coefficient (Wildman–Crippen LogP) is 6.23. The van der Waals surface area contributed by atoms with E-state index in [2.05, 4.69) is 18.3 Å². The fraction of sp³-hybridized carbons (Fsp3) is 0.448. The van der Waals surface area contributed by atoms with E-state index in [4.69, 9.17) is 17.0 Å². The monoisotopic (exact) mass is 552 g/mol. The van der Waals surface area contributed by atoms with Gasteiger partial charge in [-0.15, -0.1) is 0 Å². The molecule has 2 aromatic rings. The lowest BCUT2D eigenvalue weighted by Gasteiger charge is -2.20. The number of carbonyl (C=O) groups is 1. The van der Waals surface area contributed by atoms with E-state index in [1.165, 1.54) is 24.6 Å². The number of thioether (sulfide) groups is 1. The van der Waals surface area contributed by atoms with Crippen molar-refractivity contribution >= 4 is 46.1 Å². The Balaban J connectivity index is 1.98. The van der Waals surface area contributed by atoms with Gasteiger partial charge in [-0.05, 0) is 49.1 Å². The number of anilines is 1. The van der Waals surface area contributed by atoms with Crippen molar-refractivity contribution in [2.75, 3.05) is 19.0 Å². The van der Waals surface area contributed by atoms with Gasteiger partial charge in [-0.25, -0.2) is 0 Å². The molecule has 3 rings (SSSR count). The number of unbranched alkanes of at least 4 members (excludes halogenated alkanes) is 4. The molecule has 1 fully saturated rings. The highest BCUT2D eigenvalue weighted by Gasteiger charge is 2.32. The number of methoxy groups -OCH3 is 1. The lowest BCUT2D eigenvalue weighted by Crippen LogP contribution is -2.29. The van der Waals surface area contributed by atoms with Gasteiger partial charge in [-0.3, -0.25) is 19.1 Å². The van der Waals surface area contributed by atoms with Crippen molar-refractivity contribution in [2.45, 2.75) is 72.4 Å². The number of pyridine rings is 1. The average molecular weight is 553 g/mol.